The standard InChI is InChI=1S/C35H44ClFN6O3/c36-25-4-5-27(29(37)21-25)24-3-6-30-28(20-24)33(44)43-19-18-40(34(45)31-2-1-16-41(31)26-9-14-39-15-10-26)22-32(43)35(46)42(30)17-11-23-7-12-38-13-8-23/h3-6,20-21,23,26,31-32,38-39H,1-2,7-19,22H2/t31-,32-/m0/s1. The van der Waals surface area contributed by atoms with Crippen LogP contribution < -0.4 is 15.5 Å². The molecule has 11 heteroatoms. The minimum absolute atomic E-state index is 0.0828. The molecule has 9 nitrogen and oxygen atoms in total. The molecule has 0 aliphatic carbocycles. The van der Waals surface area contributed by atoms with Gasteiger partial charge in [-0.1, -0.05) is 17.7 Å². The van der Waals surface area contributed by atoms with Crippen molar-refractivity contribution >= 4 is 35.0 Å². The van der Waals surface area contributed by atoms with Gasteiger partial charge < -0.3 is 25.3 Å². The average Bonchev–Trinajstić information content (AvgIpc) is 3.56. The SMILES string of the molecule is O=C([C@@H]1CCCN1C1CCNCC1)N1CCN2C(=O)c3cc(-c4ccc(Cl)cc4F)ccc3N(CCC3CCNCC3)C(=O)[C@@H]2C1. The van der Waals surface area contributed by atoms with Crippen molar-refractivity contribution in [3.8, 4) is 11.1 Å². The summed E-state index contributed by atoms with van der Waals surface area (Å²) in [6, 6.07) is 9.25. The van der Waals surface area contributed by atoms with Crippen LogP contribution in [0.2, 0.25) is 5.02 Å². The number of amides is 3. The summed E-state index contributed by atoms with van der Waals surface area (Å²) in [5.41, 5.74) is 1.85. The Morgan fingerprint density at radius 3 is 2.41 bits per heavy atom. The lowest BCUT2D eigenvalue weighted by atomic mass is 9.94. The number of hydrogen-bond acceptors (Lipinski definition) is 6. The lowest BCUT2D eigenvalue weighted by Crippen LogP contribution is -2.63. The number of carbonyl (C=O) groups excluding carboxylic acids is 3. The lowest BCUT2D eigenvalue weighted by Gasteiger charge is -2.43. The van der Waals surface area contributed by atoms with Gasteiger partial charge in [0.2, 0.25) is 5.91 Å². The molecule has 4 fully saturated rings. The van der Waals surface area contributed by atoms with E-state index in [-0.39, 0.29) is 36.9 Å². The Morgan fingerprint density at radius 1 is 0.891 bits per heavy atom. The topological polar surface area (TPSA) is 88.2 Å². The summed E-state index contributed by atoms with van der Waals surface area (Å²) in [7, 11) is 0. The zero-order valence-corrected chi connectivity index (χ0v) is 27.1. The molecule has 0 bridgehead atoms. The van der Waals surface area contributed by atoms with Gasteiger partial charge in [-0.2, -0.15) is 0 Å². The first-order valence-corrected chi connectivity index (χ1v) is 17.4. The van der Waals surface area contributed by atoms with Gasteiger partial charge in [-0.15, -0.1) is 0 Å². The minimum atomic E-state index is -0.768. The van der Waals surface area contributed by atoms with Crippen molar-refractivity contribution in [2.75, 3.05) is 63.8 Å². The van der Waals surface area contributed by atoms with Crippen molar-refractivity contribution in [2.45, 2.75) is 63.1 Å². The number of anilines is 1. The van der Waals surface area contributed by atoms with Crippen LogP contribution in [0.25, 0.3) is 11.1 Å². The molecule has 4 saturated heterocycles. The maximum atomic E-state index is 15.0. The van der Waals surface area contributed by atoms with E-state index in [0.29, 0.717) is 52.4 Å². The number of benzene rings is 2. The van der Waals surface area contributed by atoms with Gasteiger partial charge in [-0.25, -0.2) is 4.39 Å². The van der Waals surface area contributed by atoms with Crippen LogP contribution in [0.5, 0.6) is 0 Å². The summed E-state index contributed by atoms with van der Waals surface area (Å²) in [6.45, 7) is 6.15. The average molecular weight is 651 g/mol. The van der Waals surface area contributed by atoms with Crippen molar-refractivity contribution in [2.24, 2.45) is 5.92 Å². The quantitative estimate of drug-likeness (QED) is 0.496. The van der Waals surface area contributed by atoms with E-state index >= 15 is 0 Å². The second kappa shape index (κ2) is 13.6. The number of nitrogens with one attached hydrogen (secondary N) is 2. The Balaban J connectivity index is 1.17. The van der Waals surface area contributed by atoms with E-state index in [1.165, 1.54) is 6.07 Å². The Bertz CT molecular complexity index is 1480. The first-order valence-electron chi connectivity index (χ1n) is 17.1. The first kappa shape index (κ1) is 31.5. The van der Waals surface area contributed by atoms with Crippen molar-refractivity contribution in [3.63, 3.8) is 0 Å². The summed E-state index contributed by atoms with van der Waals surface area (Å²) in [5.74, 6) is -0.297. The maximum Gasteiger partial charge on any atom is 0.256 e. The third kappa shape index (κ3) is 6.17. The summed E-state index contributed by atoms with van der Waals surface area (Å²) >= 11 is 6.02. The zero-order valence-electron chi connectivity index (χ0n) is 26.4. The summed E-state index contributed by atoms with van der Waals surface area (Å²) in [4.78, 5) is 50.5. The molecule has 0 radical (unpaired) electrons. The fourth-order valence-electron chi connectivity index (χ4n) is 8.28. The molecule has 5 aliphatic heterocycles. The third-order valence-corrected chi connectivity index (χ3v) is 11.1. The molecule has 3 amide bonds. The molecule has 5 aliphatic rings. The van der Waals surface area contributed by atoms with Crippen LogP contribution in [0.4, 0.5) is 10.1 Å². The van der Waals surface area contributed by atoms with Crippen LogP contribution >= 0.6 is 11.6 Å². The lowest BCUT2D eigenvalue weighted by molar-refractivity contribution is -0.141. The second-order valence-corrected chi connectivity index (χ2v) is 13.9. The van der Waals surface area contributed by atoms with Gasteiger partial charge in [0.1, 0.15) is 11.9 Å². The molecule has 46 heavy (non-hydrogen) atoms. The maximum absolute atomic E-state index is 15.0. The molecule has 7 rings (SSSR count). The normalized spacial score (nSPS) is 25.0. The summed E-state index contributed by atoms with van der Waals surface area (Å²) in [5, 5.41) is 7.13. The molecule has 2 atom stereocenters. The molecule has 2 N–H and O–H groups in total. The highest BCUT2D eigenvalue weighted by Gasteiger charge is 2.46. The molecule has 0 saturated carbocycles. The van der Waals surface area contributed by atoms with Crippen LogP contribution in [0.15, 0.2) is 36.4 Å². The molecule has 2 aromatic rings. The zero-order chi connectivity index (χ0) is 31.8. The third-order valence-electron chi connectivity index (χ3n) is 10.8. The molecule has 246 valence electrons. The van der Waals surface area contributed by atoms with Gasteiger partial charge in [0.25, 0.3) is 11.8 Å². The highest BCUT2D eigenvalue weighted by atomic mass is 35.5. The van der Waals surface area contributed by atoms with Gasteiger partial charge in [0, 0.05) is 36.3 Å². The first-order chi connectivity index (χ1) is 22.4. The molecule has 0 aromatic heterocycles. The number of carbonyl (C=O) groups is 3. The summed E-state index contributed by atoms with van der Waals surface area (Å²) < 4.78 is 15.0. The fraction of sp³-hybridized carbons (Fsp3) is 0.571. The summed E-state index contributed by atoms with van der Waals surface area (Å²) in [6.07, 6.45) is 6.84. The smallest absolute Gasteiger partial charge is 0.256 e. The van der Waals surface area contributed by atoms with Crippen molar-refractivity contribution in [3.05, 3.63) is 52.8 Å². The van der Waals surface area contributed by atoms with Crippen LogP contribution in [0.1, 0.15) is 55.3 Å². The number of hydrogen-bond donors (Lipinski definition) is 2. The monoisotopic (exact) mass is 650 g/mol. The molecule has 5 heterocycles. The van der Waals surface area contributed by atoms with E-state index in [9.17, 15) is 18.8 Å². The van der Waals surface area contributed by atoms with E-state index in [1.54, 1.807) is 40.1 Å². The highest BCUT2D eigenvalue weighted by molar-refractivity contribution is 6.30. The Hall–Kier alpha value is -3.05. The minimum Gasteiger partial charge on any atom is -0.337 e. The molecular weight excluding hydrogens is 607 g/mol. The number of halogens is 2. The second-order valence-electron chi connectivity index (χ2n) is 13.5. The number of likely N-dealkylation sites (tertiary alicyclic amines) is 1. The van der Waals surface area contributed by atoms with E-state index in [0.717, 1.165) is 77.7 Å². The predicted octanol–water partition coefficient (Wildman–Crippen LogP) is 3.75. The van der Waals surface area contributed by atoms with Gasteiger partial charge in [-0.3, -0.25) is 19.3 Å². The van der Waals surface area contributed by atoms with E-state index in [2.05, 4.69) is 15.5 Å². The van der Waals surface area contributed by atoms with Gasteiger partial charge in [-0.05, 0) is 119 Å². The number of rotatable bonds is 6. The molecule has 2 aromatic carbocycles. The van der Waals surface area contributed by atoms with Crippen molar-refractivity contribution < 1.29 is 18.8 Å². The van der Waals surface area contributed by atoms with Crippen molar-refractivity contribution in [1.82, 2.24) is 25.3 Å². The number of fused-ring (bicyclic) bond motifs is 2. The van der Waals surface area contributed by atoms with E-state index in [4.69, 9.17) is 11.6 Å². The largest absolute Gasteiger partial charge is 0.337 e. The Morgan fingerprint density at radius 2 is 1.65 bits per heavy atom. The van der Waals surface area contributed by atoms with E-state index < -0.39 is 11.9 Å². The van der Waals surface area contributed by atoms with E-state index in [1.807, 2.05) is 4.90 Å². The Kier molecular flexibility index (Phi) is 9.32. The van der Waals surface area contributed by atoms with Crippen LogP contribution in [-0.2, 0) is 9.59 Å². The van der Waals surface area contributed by atoms with Gasteiger partial charge in [0.05, 0.1) is 23.8 Å². The number of nitrogens with zero attached hydrogens (tertiary/aromatic N) is 4. The number of piperidine rings is 2. The van der Waals surface area contributed by atoms with Crippen LogP contribution in [-0.4, -0.2) is 109 Å². The van der Waals surface area contributed by atoms with Crippen LogP contribution in [0.3, 0.4) is 0 Å². The molecular formula is C35H44ClFN6O3. The Labute approximate surface area is 275 Å². The van der Waals surface area contributed by atoms with Crippen LogP contribution in [0, 0.1) is 11.7 Å². The molecule has 0 spiro atoms. The van der Waals surface area contributed by atoms with Crippen molar-refractivity contribution in [1.29, 1.82) is 0 Å². The van der Waals surface area contributed by atoms with Gasteiger partial charge >= 0.3 is 0 Å². The number of piperazine rings is 1. The highest BCUT2D eigenvalue weighted by Crippen LogP contribution is 2.36. The predicted molar refractivity (Wildman–Crippen MR) is 176 cm³/mol. The fourth-order valence-corrected chi connectivity index (χ4v) is 8.44. The molecule has 0 unspecified atom stereocenters. The van der Waals surface area contributed by atoms with Gasteiger partial charge in [0.15, 0.2) is 0 Å².